The van der Waals surface area contributed by atoms with E-state index in [4.69, 9.17) is 0 Å². The van der Waals surface area contributed by atoms with Crippen molar-refractivity contribution in [1.29, 1.82) is 0 Å². The van der Waals surface area contributed by atoms with Crippen LogP contribution >= 0.6 is 0 Å². The van der Waals surface area contributed by atoms with Gasteiger partial charge >= 0.3 is 12.1 Å². The lowest BCUT2D eigenvalue weighted by atomic mass is 10.0. The molecule has 1 unspecified atom stereocenters. The molecule has 1 rings (SSSR count). The highest BCUT2D eigenvalue weighted by molar-refractivity contribution is 6.78. The van der Waals surface area contributed by atoms with E-state index in [1.807, 2.05) is 0 Å². The van der Waals surface area contributed by atoms with Crippen molar-refractivity contribution in [2.24, 2.45) is 0 Å². The minimum atomic E-state index is -5.91. The van der Waals surface area contributed by atoms with Gasteiger partial charge in [0.1, 0.15) is 11.0 Å². The SMILES string of the molecule is C[Si](C)(C)C(O)(c1ccc(F)cc1)C(F)(F)C(F)(F)F. The molecule has 0 radical (unpaired) electrons. The molecule has 1 atom stereocenters. The van der Waals surface area contributed by atoms with Crippen LogP contribution < -0.4 is 0 Å². The number of hydrogen-bond acceptors (Lipinski definition) is 1. The van der Waals surface area contributed by atoms with Gasteiger partial charge in [-0.25, -0.2) is 4.39 Å². The number of rotatable bonds is 3. The minimum Gasteiger partial charge on any atom is -0.382 e. The first-order valence-corrected chi connectivity index (χ1v) is 9.18. The van der Waals surface area contributed by atoms with Crippen LogP contribution in [0, 0.1) is 5.82 Å². The fraction of sp³-hybridized carbons (Fsp3) is 0.500. The van der Waals surface area contributed by atoms with Gasteiger partial charge in [0, 0.05) is 0 Å². The predicted octanol–water partition coefficient (Wildman–Crippen LogP) is 4.09. The van der Waals surface area contributed by atoms with Crippen LogP contribution in [0.4, 0.5) is 26.3 Å². The summed E-state index contributed by atoms with van der Waals surface area (Å²) in [6, 6.07) is 3.00. The zero-order valence-electron chi connectivity index (χ0n) is 11.0. The quantitative estimate of drug-likeness (QED) is 0.658. The second-order valence-corrected chi connectivity index (χ2v) is 10.8. The molecular formula is C12H14F6OSi. The number of halogens is 6. The van der Waals surface area contributed by atoms with Crippen LogP contribution in [0.2, 0.25) is 19.6 Å². The van der Waals surface area contributed by atoms with Crippen molar-refractivity contribution in [3.05, 3.63) is 35.6 Å². The molecule has 114 valence electrons. The number of alkyl halides is 5. The monoisotopic (exact) mass is 316 g/mol. The molecule has 0 aliphatic rings. The first-order chi connectivity index (χ1) is 8.75. The maximum atomic E-state index is 13.8. The Morgan fingerprint density at radius 3 is 1.60 bits per heavy atom. The van der Waals surface area contributed by atoms with E-state index in [-0.39, 0.29) is 0 Å². The summed E-state index contributed by atoms with van der Waals surface area (Å²) in [4.78, 5) is 0. The van der Waals surface area contributed by atoms with Gasteiger partial charge in [0.25, 0.3) is 0 Å². The predicted molar refractivity (Wildman–Crippen MR) is 64.6 cm³/mol. The van der Waals surface area contributed by atoms with Crippen molar-refractivity contribution in [2.75, 3.05) is 0 Å². The standard InChI is InChI=1S/C12H14F6OSi/c1-20(2,3)10(19,11(14,15)12(16,17)18)8-4-6-9(13)7-5-8/h4-7,19H,1-3H3. The Morgan fingerprint density at radius 2 is 1.30 bits per heavy atom. The Morgan fingerprint density at radius 1 is 0.900 bits per heavy atom. The van der Waals surface area contributed by atoms with Crippen LogP contribution in [0.5, 0.6) is 0 Å². The Balaban J connectivity index is 3.58. The van der Waals surface area contributed by atoms with Gasteiger partial charge in [-0.15, -0.1) is 0 Å². The third-order valence-electron chi connectivity index (χ3n) is 3.16. The van der Waals surface area contributed by atoms with E-state index in [1.165, 1.54) is 19.6 Å². The number of aliphatic hydroxyl groups is 1. The van der Waals surface area contributed by atoms with E-state index in [9.17, 15) is 31.4 Å². The van der Waals surface area contributed by atoms with Gasteiger partial charge in [0.15, 0.2) is 0 Å². The summed E-state index contributed by atoms with van der Waals surface area (Å²) >= 11 is 0. The zero-order chi connectivity index (χ0) is 16.0. The molecule has 1 aromatic carbocycles. The Kier molecular flexibility index (Phi) is 4.06. The molecule has 1 nitrogen and oxygen atoms in total. The average Bonchev–Trinajstić information content (AvgIpc) is 2.25. The molecule has 0 bridgehead atoms. The largest absolute Gasteiger partial charge is 0.456 e. The number of hydrogen-bond donors (Lipinski definition) is 1. The van der Waals surface area contributed by atoms with Crippen LogP contribution in [0.25, 0.3) is 0 Å². The van der Waals surface area contributed by atoms with Crippen molar-refractivity contribution in [3.63, 3.8) is 0 Å². The minimum absolute atomic E-state index is 0.639. The highest BCUT2D eigenvalue weighted by atomic mass is 28.3. The van der Waals surface area contributed by atoms with Crippen LogP contribution in [0.3, 0.4) is 0 Å². The first-order valence-electron chi connectivity index (χ1n) is 5.68. The van der Waals surface area contributed by atoms with Gasteiger partial charge in [-0.1, -0.05) is 31.8 Å². The molecule has 1 N–H and O–H groups in total. The van der Waals surface area contributed by atoms with E-state index >= 15 is 0 Å². The van der Waals surface area contributed by atoms with Gasteiger partial charge < -0.3 is 5.11 Å². The number of benzene rings is 1. The van der Waals surface area contributed by atoms with Crippen molar-refractivity contribution in [1.82, 2.24) is 0 Å². The van der Waals surface area contributed by atoms with Crippen LogP contribution in [0.15, 0.2) is 24.3 Å². The molecule has 0 aromatic heterocycles. The van der Waals surface area contributed by atoms with Crippen molar-refractivity contribution < 1.29 is 31.4 Å². The normalized spacial score (nSPS) is 16.9. The fourth-order valence-electron chi connectivity index (χ4n) is 1.98. The Hall–Kier alpha value is -1.02. The van der Waals surface area contributed by atoms with E-state index in [0.29, 0.717) is 0 Å². The second-order valence-electron chi connectivity index (χ2n) is 5.54. The molecule has 0 saturated heterocycles. The average molecular weight is 316 g/mol. The molecule has 8 heteroatoms. The topological polar surface area (TPSA) is 20.2 Å². The summed E-state index contributed by atoms with van der Waals surface area (Å²) in [5, 5.41) is 6.86. The van der Waals surface area contributed by atoms with Crippen molar-refractivity contribution >= 4 is 8.07 Å². The van der Waals surface area contributed by atoms with Crippen LogP contribution in [0.1, 0.15) is 5.56 Å². The molecule has 0 fully saturated rings. The maximum Gasteiger partial charge on any atom is 0.456 e. The lowest BCUT2D eigenvalue weighted by Gasteiger charge is -2.45. The molecule has 0 heterocycles. The van der Waals surface area contributed by atoms with E-state index < -0.39 is 36.8 Å². The first kappa shape index (κ1) is 17.0. The van der Waals surface area contributed by atoms with Gasteiger partial charge in [0.05, 0.1) is 8.07 Å². The van der Waals surface area contributed by atoms with E-state index in [1.54, 1.807) is 0 Å². The highest BCUT2D eigenvalue weighted by Crippen LogP contribution is 2.52. The van der Waals surface area contributed by atoms with Gasteiger partial charge in [-0.05, 0) is 17.7 Å². The van der Waals surface area contributed by atoms with Gasteiger partial charge in [-0.3, -0.25) is 0 Å². The van der Waals surface area contributed by atoms with Crippen molar-refractivity contribution in [3.8, 4) is 0 Å². The third-order valence-corrected chi connectivity index (χ3v) is 5.93. The summed E-state index contributed by atoms with van der Waals surface area (Å²) in [5.41, 5.74) is -0.639. The van der Waals surface area contributed by atoms with Crippen LogP contribution in [-0.4, -0.2) is 25.3 Å². The van der Waals surface area contributed by atoms with E-state index in [0.717, 1.165) is 24.3 Å². The molecule has 0 amide bonds. The second kappa shape index (κ2) is 4.76. The summed E-state index contributed by atoms with van der Waals surface area (Å²) in [6.45, 7) is 3.57. The van der Waals surface area contributed by atoms with Gasteiger partial charge in [0.2, 0.25) is 0 Å². The molecule has 0 aliphatic heterocycles. The van der Waals surface area contributed by atoms with Gasteiger partial charge in [-0.2, -0.15) is 22.0 Å². The Bertz CT molecular complexity index is 476. The fourth-order valence-corrected chi connectivity index (χ4v) is 4.10. The third kappa shape index (κ3) is 2.46. The van der Waals surface area contributed by atoms with Crippen molar-refractivity contribution in [2.45, 2.75) is 37.0 Å². The highest BCUT2D eigenvalue weighted by Gasteiger charge is 2.74. The molecule has 0 spiro atoms. The molecular weight excluding hydrogens is 302 g/mol. The van der Waals surface area contributed by atoms with Crippen LogP contribution in [-0.2, 0) is 5.22 Å². The molecule has 0 aliphatic carbocycles. The lowest BCUT2D eigenvalue weighted by Crippen LogP contribution is -2.66. The smallest absolute Gasteiger partial charge is 0.382 e. The molecule has 0 saturated carbocycles. The lowest BCUT2D eigenvalue weighted by molar-refractivity contribution is -0.329. The molecule has 1 aromatic rings. The molecule has 20 heavy (non-hydrogen) atoms. The summed E-state index contributed by atoms with van der Waals surface area (Å²) < 4.78 is 78.5. The maximum absolute atomic E-state index is 13.8. The van der Waals surface area contributed by atoms with E-state index in [2.05, 4.69) is 0 Å². The zero-order valence-corrected chi connectivity index (χ0v) is 12.0. The summed E-state index contributed by atoms with van der Waals surface area (Å²) in [6.07, 6.45) is -5.91. The summed E-state index contributed by atoms with van der Waals surface area (Å²) in [5.74, 6) is -6.12. The summed E-state index contributed by atoms with van der Waals surface area (Å²) in [7, 11) is -3.45. The Labute approximate surface area is 113 Å².